The predicted molar refractivity (Wildman–Crippen MR) is 92.2 cm³/mol. The number of carbonyl (C=O) groups is 1. The lowest BCUT2D eigenvalue weighted by atomic mass is 9.96. The van der Waals surface area contributed by atoms with E-state index in [1.54, 1.807) is 18.2 Å². The first-order valence-electron chi connectivity index (χ1n) is 8.15. The molecule has 1 aromatic heterocycles. The van der Waals surface area contributed by atoms with Crippen molar-refractivity contribution >= 4 is 22.5 Å². The molecular weight excluding hydrogens is 308 g/mol. The summed E-state index contributed by atoms with van der Waals surface area (Å²) >= 11 is 0. The van der Waals surface area contributed by atoms with Crippen LogP contribution >= 0.6 is 0 Å². The highest BCUT2D eigenvalue weighted by atomic mass is 16.6. The Hall–Kier alpha value is -2.41. The molecule has 24 heavy (non-hydrogen) atoms. The zero-order chi connectivity index (χ0) is 17.3. The molecule has 0 bridgehead atoms. The van der Waals surface area contributed by atoms with Gasteiger partial charge in [0.2, 0.25) is 0 Å². The lowest BCUT2D eigenvalue weighted by Crippen LogP contribution is -2.50. The van der Waals surface area contributed by atoms with Gasteiger partial charge in [0.1, 0.15) is 11.2 Å². The number of H-pyrrole nitrogens is 1. The Morgan fingerprint density at radius 2 is 2.08 bits per heavy atom. The number of aromatic nitrogens is 1. The van der Waals surface area contributed by atoms with Gasteiger partial charge in [-0.1, -0.05) is 25.0 Å². The summed E-state index contributed by atoms with van der Waals surface area (Å²) in [5.74, 6) is -0.228. The number of hydrogen-bond donors (Lipinski definition) is 2. The van der Waals surface area contributed by atoms with Crippen LogP contribution in [-0.4, -0.2) is 46.9 Å². The number of likely N-dealkylation sites (N-methyl/N-ethyl adjacent to an activating group) is 1. The highest BCUT2D eigenvalue weighted by molar-refractivity contribution is 6.00. The molecule has 0 aliphatic heterocycles. The number of non-ortho nitro benzene ring substituents is 1. The third-order valence-corrected chi connectivity index (χ3v) is 5.14. The van der Waals surface area contributed by atoms with E-state index in [1.807, 2.05) is 14.1 Å². The lowest BCUT2D eigenvalue weighted by Gasteiger charge is -2.36. The fourth-order valence-electron chi connectivity index (χ4n) is 3.57. The van der Waals surface area contributed by atoms with Gasteiger partial charge in [0.15, 0.2) is 0 Å². The standard InChI is InChI=1S/C17H22N4O3/c1-20(2)17(8-3-4-9-17)11-18-16(22)13-10-12-6-5-7-14(21(23)24)15(12)19-13/h5-7,10,19H,3-4,8-9,11H2,1-2H3,(H,18,22). The molecule has 1 saturated carbocycles. The van der Waals surface area contributed by atoms with Gasteiger partial charge < -0.3 is 15.2 Å². The number of nitro benzene ring substituents is 1. The minimum atomic E-state index is -0.444. The quantitative estimate of drug-likeness (QED) is 0.651. The number of nitro groups is 1. The van der Waals surface area contributed by atoms with Crippen molar-refractivity contribution in [2.45, 2.75) is 31.2 Å². The van der Waals surface area contributed by atoms with E-state index in [4.69, 9.17) is 0 Å². The molecule has 1 aliphatic carbocycles. The largest absolute Gasteiger partial charge is 0.349 e. The van der Waals surface area contributed by atoms with Crippen molar-refractivity contribution in [2.75, 3.05) is 20.6 Å². The second-order valence-corrected chi connectivity index (χ2v) is 6.69. The van der Waals surface area contributed by atoms with Gasteiger partial charge in [-0.2, -0.15) is 0 Å². The Bertz CT molecular complexity index is 775. The van der Waals surface area contributed by atoms with Crippen LogP contribution < -0.4 is 5.32 Å². The molecule has 0 unspecified atom stereocenters. The summed E-state index contributed by atoms with van der Waals surface area (Å²) in [5, 5.41) is 14.7. The van der Waals surface area contributed by atoms with Crippen molar-refractivity contribution in [2.24, 2.45) is 0 Å². The van der Waals surface area contributed by atoms with Gasteiger partial charge in [0.05, 0.1) is 4.92 Å². The van der Waals surface area contributed by atoms with E-state index in [0.29, 0.717) is 23.1 Å². The maximum Gasteiger partial charge on any atom is 0.293 e. The fourth-order valence-corrected chi connectivity index (χ4v) is 3.57. The Morgan fingerprint density at radius 1 is 1.38 bits per heavy atom. The summed E-state index contributed by atoms with van der Waals surface area (Å²) in [5.41, 5.74) is 0.724. The van der Waals surface area contributed by atoms with Crippen molar-refractivity contribution in [1.29, 1.82) is 0 Å². The molecule has 1 fully saturated rings. The topological polar surface area (TPSA) is 91.3 Å². The Kier molecular flexibility index (Phi) is 4.28. The van der Waals surface area contributed by atoms with Gasteiger partial charge in [-0.3, -0.25) is 14.9 Å². The first-order valence-corrected chi connectivity index (χ1v) is 8.15. The third-order valence-electron chi connectivity index (χ3n) is 5.14. The highest BCUT2D eigenvalue weighted by Gasteiger charge is 2.36. The van der Waals surface area contributed by atoms with Crippen molar-refractivity contribution in [1.82, 2.24) is 15.2 Å². The van der Waals surface area contributed by atoms with Gasteiger partial charge in [-0.05, 0) is 33.0 Å². The summed E-state index contributed by atoms with van der Waals surface area (Å²) < 4.78 is 0. The van der Waals surface area contributed by atoms with E-state index in [9.17, 15) is 14.9 Å². The minimum absolute atomic E-state index is 0.00761. The van der Waals surface area contributed by atoms with Crippen LogP contribution in [0.25, 0.3) is 10.9 Å². The molecule has 128 valence electrons. The number of benzene rings is 1. The van der Waals surface area contributed by atoms with Crippen LogP contribution in [0.2, 0.25) is 0 Å². The molecule has 7 heteroatoms. The number of nitrogens with one attached hydrogen (secondary N) is 2. The molecule has 0 radical (unpaired) electrons. The third kappa shape index (κ3) is 2.87. The van der Waals surface area contributed by atoms with Crippen LogP contribution in [0, 0.1) is 10.1 Å². The Labute approximate surface area is 140 Å². The number of hydrogen-bond acceptors (Lipinski definition) is 4. The Morgan fingerprint density at radius 3 is 2.71 bits per heavy atom. The Balaban J connectivity index is 1.79. The molecule has 0 atom stereocenters. The molecule has 3 rings (SSSR count). The molecule has 7 nitrogen and oxygen atoms in total. The molecule has 2 N–H and O–H groups in total. The molecule has 1 heterocycles. The van der Waals surface area contributed by atoms with Crippen LogP contribution in [0.3, 0.4) is 0 Å². The van der Waals surface area contributed by atoms with E-state index in [0.717, 1.165) is 12.8 Å². The summed E-state index contributed by atoms with van der Waals surface area (Å²) in [4.78, 5) is 28.2. The predicted octanol–water partition coefficient (Wildman–Crippen LogP) is 2.68. The number of nitrogens with zero attached hydrogens (tertiary/aromatic N) is 2. The number of rotatable bonds is 5. The molecular formula is C17H22N4O3. The van der Waals surface area contributed by atoms with Crippen LogP contribution in [0.4, 0.5) is 5.69 Å². The van der Waals surface area contributed by atoms with Crippen molar-refractivity contribution in [3.63, 3.8) is 0 Å². The van der Waals surface area contributed by atoms with E-state index in [-0.39, 0.29) is 17.1 Å². The minimum Gasteiger partial charge on any atom is -0.349 e. The van der Waals surface area contributed by atoms with E-state index >= 15 is 0 Å². The molecule has 2 aromatic rings. The number of aromatic amines is 1. The van der Waals surface area contributed by atoms with Crippen molar-refractivity contribution in [3.8, 4) is 0 Å². The molecule has 0 saturated heterocycles. The van der Waals surface area contributed by atoms with Gasteiger partial charge >= 0.3 is 0 Å². The van der Waals surface area contributed by atoms with Gasteiger partial charge in [0, 0.05) is 23.5 Å². The van der Waals surface area contributed by atoms with E-state index in [2.05, 4.69) is 15.2 Å². The zero-order valence-electron chi connectivity index (χ0n) is 14.0. The summed E-state index contributed by atoms with van der Waals surface area (Å²) in [7, 11) is 4.09. The first kappa shape index (κ1) is 16.4. The van der Waals surface area contributed by atoms with Crippen LogP contribution in [0.5, 0.6) is 0 Å². The normalized spacial score (nSPS) is 16.6. The summed E-state index contributed by atoms with van der Waals surface area (Å²) in [6.07, 6.45) is 4.48. The average Bonchev–Trinajstić information content (AvgIpc) is 3.19. The second-order valence-electron chi connectivity index (χ2n) is 6.69. The summed E-state index contributed by atoms with van der Waals surface area (Å²) in [6, 6.07) is 6.47. The number of para-hydroxylation sites is 1. The van der Waals surface area contributed by atoms with E-state index < -0.39 is 4.92 Å². The fraction of sp³-hybridized carbons (Fsp3) is 0.471. The zero-order valence-corrected chi connectivity index (χ0v) is 14.0. The number of fused-ring (bicyclic) bond motifs is 1. The number of amides is 1. The maximum atomic E-state index is 12.5. The van der Waals surface area contributed by atoms with Crippen molar-refractivity contribution in [3.05, 3.63) is 40.1 Å². The smallest absolute Gasteiger partial charge is 0.293 e. The van der Waals surface area contributed by atoms with Gasteiger partial charge in [-0.25, -0.2) is 0 Å². The molecule has 0 spiro atoms. The average molecular weight is 330 g/mol. The van der Waals surface area contributed by atoms with E-state index in [1.165, 1.54) is 18.9 Å². The van der Waals surface area contributed by atoms with Crippen LogP contribution in [0.1, 0.15) is 36.2 Å². The van der Waals surface area contributed by atoms with Crippen LogP contribution in [-0.2, 0) is 0 Å². The van der Waals surface area contributed by atoms with Gasteiger partial charge in [-0.15, -0.1) is 0 Å². The maximum absolute atomic E-state index is 12.5. The highest BCUT2D eigenvalue weighted by Crippen LogP contribution is 2.33. The first-order chi connectivity index (χ1) is 11.4. The second kappa shape index (κ2) is 6.24. The summed E-state index contributed by atoms with van der Waals surface area (Å²) in [6.45, 7) is 0.580. The number of carbonyl (C=O) groups excluding carboxylic acids is 1. The monoisotopic (exact) mass is 330 g/mol. The molecule has 1 amide bonds. The van der Waals surface area contributed by atoms with Crippen LogP contribution in [0.15, 0.2) is 24.3 Å². The molecule has 1 aliphatic rings. The van der Waals surface area contributed by atoms with Crippen molar-refractivity contribution < 1.29 is 9.72 Å². The van der Waals surface area contributed by atoms with Gasteiger partial charge in [0.25, 0.3) is 11.6 Å². The molecule has 1 aromatic carbocycles. The lowest BCUT2D eigenvalue weighted by molar-refractivity contribution is -0.383. The SMILES string of the molecule is CN(C)C1(CNC(=O)c2cc3cccc([N+](=O)[O-])c3[nH]2)CCCC1.